The number of hydrogen-bond donors (Lipinski definition) is 0. The Hall–Kier alpha value is -5.88. The molecule has 0 amide bonds. The standard InChI is InChI=1S/C38H20N4S/c39-21-23-7-6-14-35-37(23)29-10-2-4-13-33(29)42(35)25-15-17-34-30(19-25)27-9-1-3-12-32(27)41(34)26-16-18-36-31(20-26)28-11-5-8-24(22-40)38(28)43-36/h1-20H. The lowest BCUT2D eigenvalue weighted by molar-refractivity contribution is 1.17. The molecule has 6 aromatic carbocycles. The Balaban J connectivity index is 1.33. The lowest BCUT2D eigenvalue weighted by Crippen LogP contribution is -1.95. The van der Waals surface area contributed by atoms with E-state index in [9.17, 15) is 10.5 Å². The second-order valence-electron chi connectivity index (χ2n) is 10.8. The Morgan fingerprint density at radius 2 is 1.05 bits per heavy atom. The van der Waals surface area contributed by atoms with Crippen molar-refractivity contribution in [2.75, 3.05) is 0 Å². The second kappa shape index (κ2) is 8.81. The van der Waals surface area contributed by atoms with Gasteiger partial charge in [0.15, 0.2) is 0 Å². The molecular formula is C38H20N4S. The van der Waals surface area contributed by atoms with Crippen LogP contribution in [0.15, 0.2) is 121 Å². The number of rotatable bonds is 2. The van der Waals surface area contributed by atoms with Crippen molar-refractivity contribution in [1.82, 2.24) is 9.13 Å². The fraction of sp³-hybridized carbons (Fsp3) is 0. The van der Waals surface area contributed by atoms with Gasteiger partial charge in [-0.15, -0.1) is 11.3 Å². The first-order chi connectivity index (χ1) is 21.2. The SMILES string of the molecule is N#Cc1cccc2c1sc1ccc(-n3c4ccccc4c4cc(-n5c6ccccc6c6c(C#N)cccc65)ccc43)cc12. The van der Waals surface area contributed by atoms with Crippen LogP contribution in [-0.4, -0.2) is 9.13 Å². The van der Waals surface area contributed by atoms with Gasteiger partial charge in [-0.2, -0.15) is 10.5 Å². The average molecular weight is 565 g/mol. The highest BCUT2D eigenvalue weighted by molar-refractivity contribution is 7.26. The third kappa shape index (κ3) is 3.23. The van der Waals surface area contributed by atoms with Crippen molar-refractivity contribution in [2.24, 2.45) is 0 Å². The van der Waals surface area contributed by atoms with Gasteiger partial charge in [0, 0.05) is 48.4 Å². The number of para-hydroxylation sites is 2. The molecule has 4 nitrogen and oxygen atoms in total. The molecule has 0 saturated carbocycles. The molecule has 0 fully saturated rings. The van der Waals surface area contributed by atoms with E-state index in [-0.39, 0.29) is 0 Å². The van der Waals surface area contributed by atoms with Crippen LogP contribution in [0.2, 0.25) is 0 Å². The van der Waals surface area contributed by atoms with E-state index >= 15 is 0 Å². The first-order valence-corrected chi connectivity index (χ1v) is 14.9. The summed E-state index contributed by atoms with van der Waals surface area (Å²) >= 11 is 1.68. The predicted molar refractivity (Wildman–Crippen MR) is 177 cm³/mol. The molecule has 0 N–H and O–H groups in total. The highest BCUT2D eigenvalue weighted by Crippen LogP contribution is 2.40. The minimum Gasteiger partial charge on any atom is -0.309 e. The lowest BCUT2D eigenvalue weighted by Gasteiger charge is -2.11. The molecule has 0 saturated heterocycles. The highest BCUT2D eigenvalue weighted by Gasteiger charge is 2.18. The summed E-state index contributed by atoms with van der Waals surface area (Å²) < 4.78 is 6.82. The zero-order valence-electron chi connectivity index (χ0n) is 22.7. The van der Waals surface area contributed by atoms with Gasteiger partial charge in [-0.3, -0.25) is 0 Å². The smallest absolute Gasteiger partial charge is 0.101 e. The summed E-state index contributed by atoms with van der Waals surface area (Å²) in [7, 11) is 0. The molecule has 3 heterocycles. The molecule has 0 radical (unpaired) electrons. The quantitative estimate of drug-likeness (QED) is 0.210. The van der Waals surface area contributed by atoms with Crippen molar-refractivity contribution >= 4 is 75.1 Å². The molecule has 43 heavy (non-hydrogen) atoms. The molecular weight excluding hydrogens is 545 g/mol. The van der Waals surface area contributed by atoms with E-state index in [2.05, 4.69) is 112 Å². The maximum absolute atomic E-state index is 9.91. The van der Waals surface area contributed by atoms with Crippen molar-refractivity contribution in [3.05, 3.63) is 132 Å². The van der Waals surface area contributed by atoms with Gasteiger partial charge in [-0.05, 0) is 66.7 Å². The van der Waals surface area contributed by atoms with Crippen LogP contribution in [0.3, 0.4) is 0 Å². The molecule has 198 valence electrons. The van der Waals surface area contributed by atoms with Crippen LogP contribution in [0, 0.1) is 22.7 Å². The normalized spacial score (nSPS) is 11.7. The molecule has 3 aromatic heterocycles. The van der Waals surface area contributed by atoms with Crippen molar-refractivity contribution < 1.29 is 0 Å². The largest absolute Gasteiger partial charge is 0.309 e. The number of fused-ring (bicyclic) bond motifs is 9. The number of nitriles is 2. The summed E-state index contributed by atoms with van der Waals surface area (Å²) in [5.41, 5.74) is 7.91. The van der Waals surface area contributed by atoms with Crippen LogP contribution < -0.4 is 0 Å². The van der Waals surface area contributed by atoms with E-state index in [0.29, 0.717) is 5.56 Å². The molecule has 0 atom stereocenters. The van der Waals surface area contributed by atoms with E-state index < -0.39 is 0 Å². The zero-order chi connectivity index (χ0) is 28.7. The van der Waals surface area contributed by atoms with Gasteiger partial charge in [0.25, 0.3) is 0 Å². The first-order valence-electron chi connectivity index (χ1n) is 14.1. The summed E-state index contributed by atoms with van der Waals surface area (Å²) in [4.78, 5) is 0. The van der Waals surface area contributed by atoms with Crippen molar-refractivity contribution in [2.45, 2.75) is 0 Å². The van der Waals surface area contributed by atoms with Gasteiger partial charge in [-0.1, -0.05) is 54.6 Å². The predicted octanol–water partition coefficient (Wildman–Crippen LogP) is 9.99. The second-order valence-corrected chi connectivity index (χ2v) is 11.8. The number of benzene rings is 6. The molecule has 9 rings (SSSR count). The van der Waals surface area contributed by atoms with E-state index in [1.165, 1.54) is 10.1 Å². The van der Waals surface area contributed by atoms with E-state index in [4.69, 9.17) is 0 Å². The fourth-order valence-corrected chi connectivity index (χ4v) is 7.93. The van der Waals surface area contributed by atoms with Crippen LogP contribution in [0.5, 0.6) is 0 Å². The van der Waals surface area contributed by atoms with Crippen LogP contribution in [0.4, 0.5) is 0 Å². The van der Waals surface area contributed by atoms with Crippen LogP contribution in [-0.2, 0) is 0 Å². The first kappa shape index (κ1) is 23.8. The molecule has 0 bridgehead atoms. The summed E-state index contributed by atoms with van der Waals surface area (Å²) in [6, 6.07) is 46.8. The van der Waals surface area contributed by atoms with E-state index in [0.717, 1.165) is 70.6 Å². The fourth-order valence-electron chi connectivity index (χ4n) is 6.78. The van der Waals surface area contributed by atoms with E-state index in [1.807, 2.05) is 30.3 Å². The summed E-state index contributed by atoms with van der Waals surface area (Å²) in [6.07, 6.45) is 0. The van der Waals surface area contributed by atoms with Crippen LogP contribution in [0.25, 0.3) is 75.2 Å². The molecule has 9 aromatic rings. The highest BCUT2D eigenvalue weighted by atomic mass is 32.1. The maximum Gasteiger partial charge on any atom is 0.101 e. The summed E-state index contributed by atoms with van der Waals surface area (Å²) in [5, 5.41) is 26.3. The third-order valence-corrected chi connectivity index (χ3v) is 9.81. The molecule has 0 aliphatic rings. The minimum absolute atomic E-state index is 0.684. The van der Waals surface area contributed by atoms with E-state index in [1.54, 1.807) is 11.3 Å². The summed E-state index contributed by atoms with van der Waals surface area (Å²) in [5.74, 6) is 0. The van der Waals surface area contributed by atoms with Crippen molar-refractivity contribution in [3.63, 3.8) is 0 Å². The maximum atomic E-state index is 9.91. The average Bonchev–Trinajstić information content (AvgIpc) is 3.71. The van der Waals surface area contributed by atoms with Crippen molar-refractivity contribution in [3.8, 4) is 23.5 Å². The van der Waals surface area contributed by atoms with Crippen molar-refractivity contribution in [1.29, 1.82) is 10.5 Å². The topological polar surface area (TPSA) is 57.4 Å². The Bertz CT molecular complexity index is 2710. The Morgan fingerprint density at radius 1 is 0.465 bits per heavy atom. The van der Waals surface area contributed by atoms with Gasteiger partial charge in [0.05, 0.1) is 44.0 Å². The van der Waals surface area contributed by atoms with Gasteiger partial charge in [0.1, 0.15) is 6.07 Å². The Morgan fingerprint density at radius 3 is 1.86 bits per heavy atom. The van der Waals surface area contributed by atoms with Gasteiger partial charge in [-0.25, -0.2) is 0 Å². The number of thiophene rings is 1. The van der Waals surface area contributed by atoms with Gasteiger partial charge >= 0.3 is 0 Å². The lowest BCUT2D eigenvalue weighted by atomic mass is 10.1. The number of aromatic nitrogens is 2. The molecule has 0 aliphatic carbocycles. The molecule has 5 heteroatoms. The van der Waals surface area contributed by atoms with Gasteiger partial charge in [0.2, 0.25) is 0 Å². The Labute approximate surface area is 250 Å². The van der Waals surface area contributed by atoms with Crippen LogP contribution >= 0.6 is 11.3 Å². The molecule has 0 unspecified atom stereocenters. The van der Waals surface area contributed by atoms with Gasteiger partial charge < -0.3 is 9.13 Å². The number of hydrogen-bond acceptors (Lipinski definition) is 3. The molecule has 0 spiro atoms. The Kier molecular flexibility index (Phi) is 4.87. The zero-order valence-corrected chi connectivity index (χ0v) is 23.6. The monoisotopic (exact) mass is 564 g/mol. The minimum atomic E-state index is 0.684. The summed E-state index contributed by atoms with van der Waals surface area (Å²) in [6.45, 7) is 0. The third-order valence-electron chi connectivity index (χ3n) is 8.59. The number of nitrogens with zero attached hydrogens (tertiary/aromatic N) is 4. The van der Waals surface area contributed by atoms with Crippen LogP contribution in [0.1, 0.15) is 11.1 Å². The molecule has 0 aliphatic heterocycles.